The first kappa shape index (κ1) is 11.9. The maximum absolute atomic E-state index is 11.4. The zero-order valence-corrected chi connectivity index (χ0v) is 10.1. The standard InChI is InChI=1S/C11H20O2S/c1-8(2)6-7-14-10(9-4-5-9)11(12)13-3/h8-10H,4-7H2,1-3H3. The fourth-order valence-corrected chi connectivity index (χ4v) is 2.98. The van der Waals surface area contributed by atoms with Crippen LogP contribution in [0.5, 0.6) is 0 Å². The van der Waals surface area contributed by atoms with Gasteiger partial charge in [0.2, 0.25) is 0 Å². The fourth-order valence-electron chi connectivity index (χ4n) is 1.34. The molecule has 0 aromatic heterocycles. The summed E-state index contributed by atoms with van der Waals surface area (Å²) in [5, 5.41) is 0.110. The zero-order valence-electron chi connectivity index (χ0n) is 9.29. The van der Waals surface area contributed by atoms with Crippen molar-refractivity contribution in [3.8, 4) is 0 Å². The summed E-state index contributed by atoms with van der Waals surface area (Å²) >= 11 is 1.78. The Kier molecular flexibility index (Phi) is 4.79. The summed E-state index contributed by atoms with van der Waals surface area (Å²) in [6.07, 6.45) is 3.59. The molecule has 0 radical (unpaired) electrons. The molecule has 1 rings (SSSR count). The van der Waals surface area contributed by atoms with Crippen molar-refractivity contribution < 1.29 is 9.53 Å². The highest BCUT2D eigenvalue weighted by atomic mass is 32.2. The van der Waals surface area contributed by atoms with E-state index in [1.165, 1.54) is 26.4 Å². The second-order valence-electron chi connectivity index (χ2n) is 4.33. The molecule has 0 bridgehead atoms. The highest BCUT2D eigenvalue weighted by Gasteiger charge is 2.37. The van der Waals surface area contributed by atoms with Crippen molar-refractivity contribution in [2.24, 2.45) is 11.8 Å². The Morgan fingerprint density at radius 1 is 1.50 bits per heavy atom. The molecule has 14 heavy (non-hydrogen) atoms. The lowest BCUT2D eigenvalue weighted by molar-refractivity contribution is -0.140. The molecule has 1 aliphatic carbocycles. The molecule has 0 heterocycles. The molecular formula is C11H20O2S. The van der Waals surface area contributed by atoms with E-state index in [0.29, 0.717) is 5.92 Å². The summed E-state index contributed by atoms with van der Waals surface area (Å²) in [5.74, 6) is 2.37. The maximum Gasteiger partial charge on any atom is 0.319 e. The largest absolute Gasteiger partial charge is 0.468 e. The number of thioether (sulfide) groups is 1. The van der Waals surface area contributed by atoms with Gasteiger partial charge < -0.3 is 4.74 Å². The molecule has 1 atom stereocenters. The van der Waals surface area contributed by atoms with Crippen LogP contribution in [0.1, 0.15) is 33.1 Å². The number of esters is 1. The van der Waals surface area contributed by atoms with Gasteiger partial charge in [-0.05, 0) is 36.9 Å². The molecule has 1 aliphatic rings. The Balaban J connectivity index is 2.25. The van der Waals surface area contributed by atoms with Crippen LogP contribution < -0.4 is 0 Å². The van der Waals surface area contributed by atoms with Crippen molar-refractivity contribution in [2.45, 2.75) is 38.4 Å². The van der Waals surface area contributed by atoms with Gasteiger partial charge in [0, 0.05) is 0 Å². The van der Waals surface area contributed by atoms with Crippen molar-refractivity contribution in [3.05, 3.63) is 0 Å². The molecule has 3 heteroatoms. The van der Waals surface area contributed by atoms with Gasteiger partial charge in [-0.1, -0.05) is 13.8 Å². The van der Waals surface area contributed by atoms with Gasteiger partial charge in [0.05, 0.1) is 7.11 Å². The molecule has 2 nitrogen and oxygen atoms in total. The number of carbonyl (C=O) groups excluding carboxylic acids is 1. The number of hydrogen-bond acceptors (Lipinski definition) is 3. The third-order valence-electron chi connectivity index (χ3n) is 2.48. The van der Waals surface area contributed by atoms with Gasteiger partial charge in [-0.25, -0.2) is 0 Å². The number of ether oxygens (including phenoxy) is 1. The Labute approximate surface area is 90.8 Å². The van der Waals surface area contributed by atoms with Crippen LogP contribution >= 0.6 is 11.8 Å². The number of carbonyl (C=O) groups is 1. The number of hydrogen-bond donors (Lipinski definition) is 0. The van der Waals surface area contributed by atoms with E-state index in [0.717, 1.165) is 11.7 Å². The predicted octanol–water partition coefficient (Wildman–Crippen LogP) is 2.72. The molecule has 0 N–H and O–H groups in total. The van der Waals surface area contributed by atoms with Crippen LogP contribution in [-0.4, -0.2) is 24.1 Å². The van der Waals surface area contributed by atoms with Crippen molar-refractivity contribution >= 4 is 17.7 Å². The smallest absolute Gasteiger partial charge is 0.319 e. The summed E-state index contributed by atoms with van der Waals surface area (Å²) in [6.45, 7) is 4.43. The maximum atomic E-state index is 11.4. The Hall–Kier alpha value is -0.180. The molecule has 1 fully saturated rings. The fraction of sp³-hybridized carbons (Fsp3) is 0.909. The number of rotatable bonds is 6. The van der Waals surface area contributed by atoms with Crippen LogP contribution in [0, 0.1) is 11.8 Å². The van der Waals surface area contributed by atoms with E-state index in [9.17, 15) is 4.79 Å². The van der Waals surface area contributed by atoms with Crippen LogP contribution in [0.3, 0.4) is 0 Å². The Bertz CT molecular complexity index is 188. The first-order valence-electron chi connectivity index (χ1n) is 5.34. The highest BCUT2D eigenvalue weighted by Crippen LogP contribution is 2.39. The minimum atomic E-state index is -0.0266. The van der Waals surface area contributed by atoms with Crippen LogP contribution in [0.15, 0.2) is 0 Å². The molecule has 1 unspecified atom stereocenters. The van der Waals surface area contributed by atoms with Gasteiger partial charge >= 0.3 is 5.97 Å². The van der Waals surface area contributed by atoms with Gasteiger partial charge in [-0.2, -0.15) is 0 Å². The predicted molar refractivity (Wildman–Crippen MR) is 60.4 cm³/mol. The van der Waals surface area contributed by atoms with Crippen molar-refractivity contribution in [1.82, 2.24) is 0 Å². The lowest BCUT2D eigenvalue weighted by Gasteiger charge is -2.13. The molecule has 0 aromatic carbocycles. The van der Waals surface area contributed by atoms with Gasteiger partial charge in [-0.15, -0.1) is 11.8 Å². The lowest BCUT2D eigenvalue weighted by Crippen LogP contribution is -2.21. The molecule has 0 amide bonds. The van der Waals surface area contributed by atoms with Crippen LogP contribution in [-0.2, 0) is 9.53 Å². The zero-order chi connectivity index (χ0) is 10.6. The number of methoxy groups -OCH3 is 1. The monoisotopic (exact) mass is 216 g/mol. The normalized spacial score (nSPS) is 18.3. The SMILES string of the molecule is COC(=O)C(SCCC(C)C)C1CC1. The summed E-state index contributed by atoms with van der Waals surface area (Å²) < 4.78 is 4.81. The molecule has 1 saturated carbocycles. The Morgan fingerprint density at radius 3 is 2.57 bits per heavy atom. The van der Waals surface area contributed by atoms with E-state index < -0.39 is 0 Å². The molecule has 0 saturated heterocycles. The minimum absolute atomic E-state index is 0.0266. The van der Waals surface area contributed by atoms with Gasteiger partial charge in [0.15, 0.2) is 0 Å². The first-order valence-corrected chi connectivity index (χ1v) is 6.39. The third kappa shape index (κ3) is 3.91. The summed E-state index contributed by atoms with van der Waals surface area (Å²) in [7, 11) is 1.49. The van der Waals surface area contributed by atoms with Crippen molar-refractivity contribution in [3.63, 3.8) is 0 Å². The van der Waals surface area contributed by atoms with E-state index in [-0.39, 0.29) is 11.2 Å². The Morgan fingerprint density at radius 2 is 2.14 bits per heavy atom. The average Bonchev–Trinajstić information content (AvgIpc) is 2.94. The highest BCUT2D eigenvalue weighted by molar-refractivity contribution is 8.00. The molecular weight excluding hydrogens is 196 g/mol. The van der Waals surface area contributed by atoms with E-state index in [2.05, 4.69) is 13.8 Å². The summed E-state index contributed by atoms with van der Waals surface area (Å²) in [6, 6.07) is 0. The topological polar surface area (TPSA) is 26.3 Å². The second kappa shape index (κ2) is 5.64. The van der Waals surface area contributed by atoms with E-state index >= 15 is 0 Å². The quantitative estimate of drug-likeness (QED) is 0.639. The van der Waals surface area contributed by atoms with Gasteiger partial charge in [0.25, 0.3) is 0 Å². The van der Waals surface area contributed by atoms with Gasteiger partial charge in [-0.3, -0.25) is 4.79 Å². The summed E-state index contributed by atoms with van der Waals surface area (Å²) in [4.78, 5) is 11.4. The van der Waals surface area contributed by atoms with E-state index in [1.807, 2.05) is 0 Å². The van der Waals surface area contributed by atoms with Crippen molar-refractivity contribution in [2.75, 3.05) is 12.9 Å². The molecule has 0 spiro atoms. The van der Waals surface area contributed by atoms with Gasteiger partial charge in [0.1, 0.15) is 5.25 Å². The minimum Gasteiger partial charge on any atom is -0.468 e. The van der Waals surface area contributed by atoms with Crippen molar-refractivity contribution in [1.29, 1.82) is 0 Å². The van der Waals surface area contributed by atoms with E-state index in [4.69, 9.17) is 4.74 Å². The lowest BCUT2D eigenvalue weighted by atomic mass is 10.2. The third-order valence-corrected chi connectivity index (χ3v) is 3.88. The second-order valence-corrected chi connectivity index (χ2v) is 5.58. The van der Waals surface area contributed by atoms with Crippen LogP contribution in [0.25, 0.3) is 0 Å². The van der Waals surface area contributed by atoms with E-state index in [1.54, 1.807) is 11.8 Å². The molecule has 0 aromatic rings. The average molecular weight is 216 g/mol. The first-order chi connectivity index (χ1) is 6.65. The van der Waals surface area contributed by atoms with Crippen LogP contribution in [0.2, 0.25) is 0 Å². The molecule has 0 aliphatic heterocycles. The summed E-state index contributed by atoms with van der Waals surface area (Å²) in [5.41, 5.74) is 0. The molecule has 82 valence electrons. The van der Waals surface area contributed by atoms with Crippen LogP contribution in [0.4, 0.5) is 0 Å².